The molecule has 0 aromatic heterocycles. The van der Waals surface area contributed by atoms with Crippen LogP contribution in [0.4, 0.5) is 0 Å². The van der Waals surface area contributed by atoms with Crippen LogP contribution in [0.15, 0.2) is 36.4 Å². The molecular formula is C12H14OS2. The van der Waals surface area contributed by atoms with Gasteiger partial charge in [-0.1, -0.05) is 54.2 Å². The summed E-state index contributed by atoms with van der Waals surface area (Å²) in [5.41, 5.74) is 1.21. The van der Waals surface area contributed by atoms with Gasteiger partial charge in [0.05, 0.1) is 6.61 Å². The van der Waals surface area contributed by atoms with Crippen molar-refractivity contribution in [2.24, 2.45) is 0 Å². The van der Waals surface area contributed by atoms with Crippen LogP contribution in [0, 0.1) is 0 Å². The van der Waals surface area contributed by atoms with Crippen molar-refractivity contribution in [3.05, 3.63) is 42.0 Å². The second-order valence-corrected chi connectivity index (χ2v) is 4.31. The zero-order chi connectivity index (χ0) is 10.9. The largest absolute Gasteiger partial charge is 0.478 e. The van der Waals surface area contributed by atoms with Crippen molar-refractivity contribution in [3.8, 4) is 0 Å². The van der Waals surface area contributed by atoms with E-state index >= 15 is 0 Å². The maximum atomic E-state index is 5.27. The monoisotopic (exact) mass is 238 g/mol. The van der Waals surface area contributed by atoms with Gasteiger partial charge >= 0.3 is 0 Å². The first-order chi connectivity index (χ1) is 7.33. The molecule has 1 aromatic carbocycles. The SMILES string of the molecule is CSC(=S)OCC/C=C/c1ccccc1. The van der Waals surface area contributed by atoms with E-state index in [1.54, 1.807) is 0 Å². The topological polar surface area (TPSA) is 9.23 Å². The summed E-state index contributed by atoms with van der Waals surface area (Å²) >= 11 is 6.38. The van der Waals surface area contributed by atoms with Crippen molar-refractivity contribution in [2.45, 2.75) is 6.42 Å². The highest BCUT2D eigenvalue weighted by atomic mass is 32.2. The van der Waals surface area contributed by atoms with Crippen molar-refractivity contribution < 1.29 is 4.74 Å². The molecule has 80 valence electrons. The highest BCUT2D eigenvalue weighted by Crippen LogP contribution is 2.03. The molecule has 0 saturated heterocycles. The predicted octanol–water partition coefficient (Wildman–Crippen LogP) is 3.75. The van der Waals surface area contributed by atoms with Crippen molar-refractivity contribution in [2.75, 3.05) is 12.9 Å². The molecule has 1 nitrogen and oxygen atoms in total. The van der Waals surface area contributed by atoms with Crippen molar-refractivity contribution >= 4 is 34.4 Å². The number of benzene rings is 1. The zero-order valence-corrected chi connectivity index (χ0v) is 10.3. The Hall–Kier alpha value is -0.800. The Bertz CT molecular complexity index is 320. The molecule has 0 N–H and O–H groups in total. The number of thiocarbonyl (C=S) groups is 1. The van der Waals surface area contributed by atoms with Gasteiger partial charge in [-0.3, -0.25) is 0 Å². The van der Waals surface area contributed by atoms with E-state index in [0.717, 1.165) is 6.42 Å². The van der Waals surface area contributed by atoms with Crippen LogP contribution in [0.2, 0.25) is 0 Å². The summed E-state index contributed by atoms with van der Waals surface area (Å²) in [6.07, 6.45) is 6.99. The smallest absolute Gasteiger partial charge is 0.219 e. The lowest BCUT2D eigenvalue weighted by molar-refractivity contribution is 0.330. The molecule has 0 spiro atoms. The first-order valence-corrected chi connectivity index (χ1v) is 6.38. The number of hydrogen-bond acceptors (Lipinski definition) is 3. The average molecular weight is 238 g/mol. The van der Waals surface area contributed by atoms with Gasteiger partial charge in [0, 0.05) is 0 Å². The van der Waals surface area contributed by atoms with E-state index in [0.29, 0.717) is 11.0 Å². The lowest BCUT2D eigenvalue weighted by atomic mass is 10.2. The minimum absolute atomic E-state index is 0.614. The Morgan fingerprint density at radius 2 is 2.13 bits per heavy atom. The quantitative estimate of drug-likeness (QED) is 0.584. The third-order valence-corrected chi connectivity index (χ3v) is 2.85. The molecule has 0 aliphatic carbocycles. The summed E-state index contributed by atoms with van der Waals surface area (Å²) in [6.45, 7) is 0.656. The average Bonchev–Trinajstić information content (AvgIpc) is 2.29. The second-order valence-electron chi connectivity index (χ2n) is 2.90. The molecule has 0 heterocycles. The number of hydrogen-bond donors (Lipinski definition) is 0. The first kappa shape index (κ1) is 12.3. The summed E-state index contributed by atoms with van der Waals surface area (Å²) in [5.74, 6) is 0. The molecule has 0 fully saturated rings. The predicted molar refractivity (Wildman–Crippen MR) is 72.2 cm³/mol. The molecular weight excluding hydrogens is 224 g/mol. The fourth-order valence-corrected chi connectivity index (χ4v) is 1.34. The summed E-state index contributed by atoms with van der Waals surface area (Å²) in [4.78, 5) is 0. The van der Waals surface area contributed by atoms with Gasteiger partial charge < -0.3 is 4.74 Å². The Balaban J connectivity index is 2.20. The number of rotatable bonds is 4. The molecule has 1 aromatic rings. The normalized spacial score (nSPS) is 10.5. The van der Waals surface area contributed by atoms with E-state index < -0.39 is 0 Å². The Kier molecular flexibility index (Phi) is 6.12. The van der Waals surface area contributed by atoms with Gasteiger partial charge in [-0.05, 0) is 30.5 Å². The van der Waals surface area contributed by atoms with Gasteiger partial charge in [0.1, 0.15) is 0 Å². The molecule has 0 aliphatic rings. The van der Waals surface area contributed by atoms with Crippen LogP contribution in [0.1, 0.15) is 12.0 Å². The number of thioether (sulfide) groups is 1. The maximum Gasteiger partial charge on any atom is 0.219 e. The zero-order valence-electron chi connectivity index (χ0n) is 8.68. The minimum atomic E-state index is 0.614. The van der Waals surface area contributed by atoms with Gasteiger partial charge in [-0.25, -0.2) is 0 Å². The standard InChI is InChI=1S/C12H14OS2/c1-15-12(14)13-10-6-5-9-11-7-3-2-4-8-11/h2-5,7-9H,6,10H2,1H3/b9-5+. The molecule has 0 amide bonds. The highest BCUT2D eigenvalue weighted by molar-refractivity contribution is 8.22. The second kappa shape index (κ2) is 7.49. The van der Waals surface area contributed by atoms with E-state index in [1.165, 1.54) is 17.3 Å². The lowest BCUT2D eigenvalue weighted by Crippen LogP contribution is -1.96. The molecule has 15 heavy (non-hydrogen) atoms. The molecule has 0 unspecified atom stereocenters. The molecule has 0 aliphatic heterocycles. The third-order valence-electron chi connectivity index (χ3n) is 1.78. The van der Waals surface area contributed by atoms with Crippen LogP contribution in [0.3, 0.4) is 0 Å². The van der Waals surface area contributed by atoms with Crippen LogP contribution in [0.5, 0.6) is 0 Å². The summed E-state index contributed by atoms with van der Waals surface area (Å²) in [7, 11) is 0. The van der Waals surface area contributed by atoms with Crippen LogP contribution < -0.4 is 0 Å². The summed E-state index contributed by atoms with van der Waals surface area (Å²) in [5, 5.41) is 0. The van der Waals surface area contributed by atoms with E-state index in [9.17, 15) is 0 Å². The summed E-state index contributed by atoms with van der Waals surface area (Å²) < 4.78 is 5.89. The van der Waals surface area contributed by atoms with E-state index in [-0.39, 0.29) is 0 Å². The summed E-state index contributed by atoms with van der Waals surface area (Å²) in [6, 6.07) is 10.2. The van der Waals surface area contributed by atoms with Crippen molar-refractivity contribution in [1.82, 2.24) is 0 Å². The van der Waals surface area contributed by atoms with E-state index in [1.807, 2.05) is 24.5 Å². The van der Waals surface area contributed by atoms with Crippen molar-refractivity contribution in [3.63, 3.8) is 0 Å². The van der Waals surface area contributed by atoms with Crippen LogP contribution in [-0.2, 0) is 4.74 Å². The Morgan fingerprint density at radius 3 is 2.80 bits per heavy atom. The van der Waals surface area contributed by atoms with Crippen LogP contribution in [-0.4, -0.2) is 17.2 Å². The third kappa shape index (κ3) is 5.60. The Morgan fingerprint density at radius 1 is 1.40 bits per heavy atom. The molecule has 1 rings (SSSR count). The first-order valence-electron chi connectivity index (χ1n) is 4.75. The van der Waals surface area contributed by atoms with Gasteiger partial charge in [0.2, 0.25) is 4.38 Å². The van der Waals surface area contributed by atoms with Crippen LogP contribution in [0.25, 0.3) is 6.08 Å². The fraction of sp³-hybridized carbons (Fsp3) is 0.250. The van der Waals surface area contributed by atoms with Crippen LogP contribution >= 0.6 is 24.0 Å². The van der Waals surface area contributed by atoms with Gasteiger partial charge in [0.15, 0.2) is 0 Å². The molecule has 0 radical (unpaired) electrons. The highest BCUT2D eigenvalue weighted by Gasteiger charge is 1.91. The molecule has 0 saturated carbocycles. The van der Waals surface area contributed by atoms with Gasteiger partial charge in [0.25, 0.3) is 0 Å². The number of ether oxygens (including phenoxy) is 1. The maximum absolute atomic E-state index is 5.27. The van der Waals surface area contributed by atoms with Gasteiger partial charge in [-0.2, -0.15) is 0 Å². The minimum Gasteiger partial charge on any atom is -0.478 e. The van der Waals surface area contributed by atoms with Gasteiger partial charge in [-0.15, -0.1) is 0 Å². The Labute approximate surface area is 101 Å². The molecule has 3 heteroatoms. The molecule has 0 bridgehead atoms. The van der Waals surface area contributed by atoms with Crippen molar-refractivity contribution in [1.29, 1.82) is 0 Å². The fourth-order valence-electron chi connectivity index (χ4n) is 1.05. The van der Waals surface area contributed by atoms with E-state index in [4.69, 9.17) is 17.0 Å². The van der Waals surface area contributed by atoms with E-state index in [2.05, 4.69) is 24.3 Å². The lowest BCUT2D eigenvalue weighted by Gasteiger charge is -2.01. The molecule has 0 atom stereocenters.